The van der Waals surface area contributed by atoms with Gasteiger partial charge in [0, 0.05) is 20.1 Å². The van der Waals surface area contributed by atoms with Gasteiger partial charge in [0.2, 0.25) is 0 Å². The third-order valence-corrected chi connectivity index (χ3v) is 4.43. The number of amides is 1. The number of alkyl carbamates (subject to hydrolysis) is 1. The van der Waals surface area contributed by atoms with Gasteiger partial charge in [-0.15, -0.1) is 0 Å². The largest absolute Gasteiger partial charge is 0.450 e. The molecule has 1 aliphatic rings. The van der Waals surface area contributed by atoms with Crippen molar-refractivity contribution < 1.29 is 9.53 Å². The molecule has 0 heterocycles. The predicted octanol–water partition coefficient (Wildman–Crippen LogP) is 2.49. The minimum Gasteiger partial charge on any atom is -0.450 e. The fourth-order valence-corrected chi connectivity index (χ4v) is 2.81. The number of ether oxygens (including phenoxy) is 1. The SMILES string of the molecule is CCOC(=O)NC(CNC(=NC)NCc1ccc(C)cc1C)C1CC1. The van der Waals surface area contributed by atoms with Crippen LogP contribution in [0.1, 0.15) is 36.5 Å². The van der Waals surface area contributed by atoms with Crippen molar-refractivity contribution in [3.8, 4) is 0 Å². The highest BCUT2D eigenvalue weighted by Gasteiger charge is 2.32. The number of carbonyl (C=O) groups excluding carboxylic acids is 1. The Kier molecular flexibility index (Phi) is 7.10. The first-order valence-corrected chi connectivity index (χ1v) is 8.97. The molecule has 25 heavy (non-hydrogen) atoms. The molecule has 1 saturated carbocycles. The van der Waals surface area contributed by atoms with E-state index in [9.17, 15) is 4.79 Å². The van der Waals surface area contributed by atoms with Gasteiger partial charge in [-0.25, -0.2) is 4.79 Å². The first-order chi connectivity index (χ1) is 12.0. The van der Waals surface area contributed by atoms with Crippen LogP contribution in [0, 0.1) is 19.8 Å². The van der Waals surface area contributed by atoms with Crippen LogP contribution in [-0.4, -0.2) is 38.3 Å². The number of rotatable bonds is 7. The average molecular weight is 346 g/mol. The average Bonchev–Trinajstić information content (AvgIpc) is 3.40. The van der Waals surface area contributed by atoms with Crippen LogP contribution >= 0.6 is 0 Å². The molecule has 0 bridgehead atoms. The number of aliphatic imine (C=N–C) groups is 1. The molecule has 1 unspecified atom stereocenters. The third kappa shape index (κ3) is 6.29. The van der Waals surface area contributed by atoms with E-state index in [4.69, 9.17) is 4.74 Å². The molecule has 0 aromatic heterocycles. The Hall–Kier alpha value is -2.24. The molecule has 138 valence electrons. The normalized spacial score (nSPS) is 15.4. The van der Waals surface area contributed by atoms with Gasteiger partial charge in [0.25, 0.3) is 0 Å². The molecule has 0 saturated heterocycles. The number of carbonyl (C=O) groups is 1. The van der Waals surface area contributed by atoms with E-state index in [1.165, 1.54) is 16.7 Å². The Morgan fingerprint density at radius 1 is 1.32 bits per heavy atom. The van der Waals surface area contributed by atoms with Gasteiger partial charge in [0.15, 0.2) is 5.96 Å². The molecule has 2 rings (SSSR count). The molecule has 1 aromatic carbocycles. The quantitative estimate of drug-likeness (QED) is 0.524. The molecule has 3 N–H and O–H groups in total. The van der Waals surface area contributed by atoms with Crippen LogP contribution < -0.4 is 16.0 Å². The van der Waals surface area contributed by atoms with Crippen molar-refractivity contribution in [2.24, 2.45) is 10.9 Å². The Bertz CT molecular complexity index is 611. The number of nitrogens with zero attached hydrogens (tertiary/aromatic N) is 1. The zero-order valence-electron chi connectivity index (χ0n) is 15.7. The van der Waals surface area contributed by atoms with E-state index in [2.05, 4.69) is 53.0 Å². The Morgan fingerprint density at radius 3 is 2.68 bits per heavy atom. The van der Waals surface area contributed by atoms with E-state index in [0.29, 0.717) is 25.6 Å². The van der Waals surface area contributed by atoms with Gasteiger partial charge in [-0.2, -0.15) is 0 Å². The highest BCUT2D eigenvalue weighted by atomic mass is 16.5. The fraction of sp³-hybridized carbons (Fsp3) is 0.579. The molecule has 0 radical (unpaired) electrons. The smallest absolute Gasteiger partial charge is 0.407 e. The summed E-state index contributed by atoms with van der Waals surface area (Å²) in [7, 11) is 1.75. The fourth-order valence-electron chi connectivity index (χ4n) is 2.81. The molecule has 1 fully saturated rings. The van der Waals surface area contributed by atoms with Crippen LogP contribution in [-0.2, 0) is 11.3 Å². The van der Waals surface area contributed by atoms with Gasteiger partial charge in [0.05, 0.1) is 12.6 Å². The van der Waals surface area contributed by atoms with E-state index >= 15 is 0 Å². The Morgan fingerprint density at radius 2 is 2.08 bits per heavy atom. The lowest BCUT2D eigenvalue weighted by molar-refractivity contribution is 0.146. The van der Waals surface area contributed by atoms with Gasteiger partial charge in [-0.05, 0) is 50.7 Å². The number of benzene rings is 1. The van der Waals surface area contributed by atoms with E-state index in [0.717, 1.165) is 18.8 Å². The molecule has 1 atom stereocenters. The zero-order chi connectivity index (χ0) is 18.2. The van der Waals surface area contributed by atoms with Crippen LogP contribution in [0.2, 0.25) is 0 Å². The summed E-state index contributed by atoms with van der Waals surface area (Å²) >= 11 is 0. The van der Waals surface area contributed by atoms with Crippen molar-refractivity contribution in [3.05, 3.63) is 34.9 Å². The predicted molar refractivity (Wildman–Crippen MR) is 101 cm³/mol. The summed E-state index contributed by atoms with van der Waals surface area (Å²) in [6.45, 7) is 7.76. The lowest BCUT2D eigenvalue weighted by Crippen LogP contribution is -2.48. The molecular formula is C19H30N4O2. The maximum atomic E-state index is 11.7. The first-order valence-electron chi connectivity index (χ1n) is 8.97. The van der Waals surface area contributed by atoms with Crippen LogP contribution in [0.25, 0.3) is 0 Å². The minimum atomic E-state index is -0.348. The summed E-state index contributed by atoms with van der Waals surface area (Å²) in [5.41, 5.74) is 3.78. The van der Waals surface area contributed by atoms with E-state index < -0.39 is 0 Å². The molecule has 6 nitrogen and oxygen atoms in total. The van der Waals surface area contributed by atoms with Crippen LogP contribution in [0.3, 0.4) is 0 Å². The monoisotopic (exact) mass is 346 g/mol. The molecule has 6 heteroatoms. The van der Waals surface area contributed by atoms with E-state index in [1.807, 2.05) is 6.92 Å². The van der Waals surface area contributed by atoms with Crippen LogP contribution in [0.15, 0.2) is 23.2 Å². The maximum Gasteiger partial charge on any atom is 0.407 e. The second kappa shape index (κ2) is 9.30. The number of guanidine groups is 1. The number of nitrogens with one attached hydrogen (secondary N) is 3. The van der Waals surface area contributed by atoms with Crippen molar-refractivity contribution in [3.63, 3.8) is 0 Å². The van der Waals surface area contributed by atoms with Crippen LogP contribution in [0.5, 0.6) is 0 Å². The summed E-state index contributed by atoms with van der Waals surface area (Å²) in [6.07, 6.45) is 1.94. The van der Waals surface area contributed by atoms with Crippen molar-refractivity contribution in [1.82, 2.24) is 16.0 Å². The summed E-state index contributed by atoms with van der Waals surface area (Å²) in [6, 6.07) is 6.51. The molecule has 0 spiro atoms. The topological polar surface area (TPSA) is 74.8 Å². The lowest BCUT2D eigenvalue weighted by atomic mass is 10.1. The van der Waals surface area contributed by atoms with Crippen molar-refractivity contribution in [2.45, 2.75) is 46.2 Å². The second-order valence-electron chi connectivity index (χ2n) is 6.55. The highest BCUT2D eigenvalue weighted by Crippen LogP contribution is 2.32. The molecular weight excluding hydrogens is 316 g/mol. The summed E-state index contributed by atoms with van der Waals surface area (Å²) in [5.74, 6) is 1.26. The van der Waals surface area contributed by atoms with Gasteiger partial charge in [0.1, 0.15) is 0 Å². The molecule has 1 aromatic rings. The maximum absolute atomic E-state index is 11.7. The molecule has 1 aliphatic carbocycles. The summed E-state index contributed by atoms with van der Waals surface area (Å²) in [4.78, 5) is 15.9. The standard InChI is InChI=1S/C19H30N4O2/c1-5-25-19(24)23-17(15-8-9-15)12-22-18(20-4)21-11-16-7-6-13(2)10-14(16)3/h6-7,10,15,17H,5,8-9,11-12H2,1-4H3,(H,23,24)(H2,20,21,22). The lowest BCUT2D eigenvalue weighted by Gasteiger charge is -2.20. The number of aryl methyl sites for hydroxylation is 2. The Labute approximate surface area is 150 Å². The number of hydrogen-bond acceptors (Lipinski definition) is 3. The highest BCUT2D eigenvalue weighted by molar-refractivity contribution is 5.79. The second-order valence-corrected chi connectivity index (χ2v) is 6.55. The van der Waals surface area contributed by atoms with Crippen molar-refractivity contribution in [2.75, 3.05) is 20.2 Å². The van der Waals surface area contributed by atoms with Gasteiger partial charge in [-0.1, -0.05) is 23.8 Å². The van der Waals surface area contributed by atoms with Gasteiger partial charge >= 0.3 is 6.09 Å². The summed E-state index contributed by atoms with van der Waals surface area (Å²) in [5, 5.41) is 9.58. The van der Waals surface area contributed by atoms with Gasteiger partial charge in [-0.3, -0.25) is 4.99 Å². The van der Waals surface area contributed by atoms with Gasteiger partial charge < -0.3 is 20.7 Å². The first kappa shape index (κ1) is 19.1. The molecule has 1 amide bonds. The number of hydrogen-bond donors (Lipinski definition) is 3. The zero-order valence-corrected chi connectivity index (χ0v) is 15.7. The minimum absolute atomic E-state index is 0.0683. The van der Waals surface area contributed by atoms with Crippen molar-refractivity contribution in [1.29, 1.82) is 0 Å². The van der Waals surface area contributed by atoms with E-state index in [-0.39, 0.29) is 12.1 Å². The Balaban J connectivity index is 1.83. The van der Waals surface area contributed by atoms with Crippen LogP contribution in [0.4, 0.5) is 4.79 Å². The summed E-state index contributed by atoms with van der Waals surface area (Å²) < 4.78 is 4.99. The van der Waals surface area contributed by atoms with Crippen molar-refractivity contribution >= 4 is 12.1 Å². The van der Waals surface area contributed by atoms with E-state index in [1.54, 1.807) is 7.05 Å². The third-order valence-electron chi connectivity index (χ3n) is 4.43. The molecule has 0 aliphatic heterocycles.